The van der Waals surface area contributed by atoms with Crippen LogP contribution in [0.5, 0.6) is 0 Å². The van der Waals surface area contributed by atoms with Crippen LogP contribution in [-0.2, 0) is 30.9 Å². The molecule has 1 aromatic heterocycles. The lowest BCUT2D eigenvalue weighted by molar-refractivity contribution is -0.116. The van der Waals surface area contributed by atoms with Gasteiger partial charge in [-0.25, -0.2) is 0 Å². The topological polar surface area (TPSA) is 87.5 Å². The van der Waals surface area contributed by atoms with Crippen LogP contribution in [0.2, 0.25) is 0 Å². The predicted octanol–water partition coefficient (Wildman–Crippen LogP) is 2.89. The van der Waals surface area contributed by atoms with E-state index in [1.54, 1.807) is 17.0 Å². The zero-order chi connectivity index (χ0) is 21.1. The van der Waals surface area contributed by atoms with Gasteiger partial charge in [0, 0.05) is 55.0 Å². The number of benzene rings is 1. The molecule has 0 bridgehead atoms. The number of fused-ring (bicyclic) bond motifs is 1. The number of aliphatic hydroxyl groups is 1. The number of aliphatic hydroxyl groups excluding tert-OH is 1. The van der Waals surface area contributed by atoms with Gasteiger partial charge in [0.25, 0.3) is 5.91 Å². The summed E-state index contributed by atoms with van der Waals surface area (Å²) in [6.07, 6.45) is 1.16. The quantitative estimate of drug-likeness (QED) is 0.783. The Morgan fingerprint density at radius 2 is 2.07 bits per heavy atom. The summed E-state index contributed by atoms with van der Waals surface area (Å²) in [6.45, 7) is 9.59. The van der Waals surface area contributed by atoms with E-state index in [1.807, 2.05) is 38.4 Å². The minimum absolute atomic E-state index is 0.0464. The first-order valence-electron chi connectivity index (χ1n) is 10.2. The zero-order valence-electron chi connectivity index (χ0n) is 17.7. The number of carbonyl (C=O) groups excluding carboxylic acids is 2. The second-order valence-electron chi connectivity index (χ2n) is 8.00. The summed E-state index contributed by atoms with van der Waals surface area (Å²) in [7, 11) is 0. The molecule has 0 saturated heterocycles. The summed E-state index contributed by atoms with van der Waals surface area (Å²) in [5, 5.41) is 17.0. The molecule has 156 valence electrons. The lowest BCUT2D eigenvalue weighted by Gasteiger charge is -2.28. The van der Waals surface area contributed by atoms with Gasteiger partial charge in [-0.1, -0.05) is 19.9 Å². The van der Waals surface area contributed by atoms with Crippen LogP contribution in [0.15, 0.2) is 18.2 Å². The van der Waals surface area contributed by atoms with Crippen LogP contribution in [0.3, 0.4) is 0 Å². The first-order chi connectivity index (χ1) is 13.8. The first-order valence-corrected chi connectivity index (χ1v) is 10.2. The van der Waals surface area contributed by atoms with Crippen LogP contribution < -0.4 is 5.32 Å². The Bertz CT molecular complexity index is 917. The van der Waals surface area contributed by atoms with Gasteiger partial charge in [-0.05, 0) is 37.5 Å². The standard InChI is InChI=1S/C22H30N4O3/c1-5-26-20-8-9-25(12-17(20)19(13-27)24-26)22(29)16-7-6-15(4)18(11-16)23-21(28)10-14(2)3/h6-7,11,14,27H,5,8-10,12-13H2,1-4H3,(H,23,28). The average molecular weight is 399 g/mol. The Labute approximate surface area is 171 Å². The number of amides is 2. The third-order valence-electron chi connectivity index (χ3n) is 5.31. The smallest absolute Gasteiger partial charge is 0.254 e. The van der Waals surface area contributed by atoms with Crippen LogP contribution in [0, 0.1) is 12.8 Å². The molecule has 1 aromatic carbocycles. The van der Waals surface area contributed by atoms with Gasteiger partial charge in [0.2, 0.25) is 5.91 Å². The highest BCUT2D eigenvalue weighted by Gasteiger charge is 2.27. The van der Waals surface area contributed by atoms with Crippen molar-refractivity contribution in [2.24, 2.45) is 5.92 Å². The van der Waals surface area contributed by atoms with E-state index in [1.165, 1.54) is 0 Å². The van der Waals surface area contributed by atoms with E-state index in [0.717, 1.165) is 23.4 Å². The molecule has 7 nitrogen and oxygen atoms in total. The van der Waals surface area contributed by atoms with Crippen LogP contribution >= 0.6 is 0 Å². The third-order valence-corrected chi connectivity index (χ3v) is 5.31. The number of carbonyl (C=O) groups is 2. The molecule has 0 fully saturated rings. The third kappa shape index (κ3) is 4.50. The molecule has 2 heterocycles. The van der Waals surface area contributed by atoms with Crippen molar-refractivity contribution >= 4 is 17.5 Å². The Morgan fingerprint density at radius 1 is 1.31 bits per heavy atom. The van der Waals surface area contributed by atoms with Crippen molar-refractivity contribution in [2.45, 2.75) is 60.2 Å². The van der Waals surface area contributed by atoms with Gasteiger partial charge >= 0.3 is 0 Å². The molecule has 1 aliphatic rings. The second-order valence-corrected chi connectivity index (χ2v) is 8.00. The molecule has 0 aliphatic carbocycles. The predicted molar refractivity (Wildman–Crippen MR) is 112 cm³/mol. The molecule has 2 N–H and O–H groups in total. The molecular formula is C22H30N4O3. The SMILES string of the molecule is CCn1nc(CO)c2c1CCN(C(=O)c1ccc(C)c(NC(=O)CC(C)C)c1)C2. The van der Waals surface area contributed by atoms with E-state index < -0.39 is 0 Å². The summed E-state index contributed by atoms with van der Waals surface area (Å²) in [5.74, 6) is 0.144. The zero-order valence-corrected chi connectivity index (χ0v) is 17.7. The molecule has 0 unspecified atom stereocenters. The van der Waals surface area contributed by atoms with Crippen molar-refractivity contribution < 1.29 is 14.7 Å². The number of nitrogens with one attached hydrogen (secondary N) is 1. The fourth-order valence-corrected chi connectivity index (χ4v) is 3.77. The molecule has 0 saturated carbocycles. The van der Waals surface area contributed by atoms with E-state index in [9.17, 15) is 14.7 Å². The summed E-state index contributed by atoms with van der Waals surface area (Å²) in [5.41, 5.74) is 4.84. The van der Waals surface area contributed by atoms with Gasteiger partial charge in [0.05, 0.1) is 12.3 Å². The first kappa shape index (κ1) is 21.0. The molecule has 0 spiro atoms. The van der Waals surface area contributed by atoms with Crippen molar-refractivity contribution in [1.29, 1.82) is 0 Å². The molecule has 3 rings (SSSR count). The lowest BCUT2D eigenvalue weighted by Crippen LogP contribution is -2.36. The van der Waals surface area contributed by atoms with E-state index >= 15 is 0 Å². The number of rotatable bonds is 6. The average Bonchev–Trinajstić information content (AvgIpc) is 3.05. The number of nitrogens with zero attached hydrogens (tertiary/aromatic N) is 3. The molecule has 7 heteroatoms. The lowest BCUT2D eigenvalue weighted by atomic mass is 10.0. The Kier molecular flexibility index (Phi) is 6.37. The molecule has 1 aliphatic heterocycles. The van der Waals surface area contributed by atoms with E-state index in [2.05, 4.69) is 10.4 Å². The Morgan fingerprint density at radius 3 is 2.72 bits per heavy atom. The second kappa shape index (κ2) is 8.78. The van der Waals surface area contributed by atoms with Crippen LogP contribution in [0.4, 0.5) is 5.69 Å². The largest absolute Gasteiger partial charge is 0.390 e. The van der Waals surface area contributed by atoms with Crippen molar-refractivity contribution in [3.63, 3.8) is 0 Å². The van der Waals surface area contributed by atoms with Gasteiger partial charge in [-0.3, -0.25) is 14.3 Å². The van der Waals surface area contributed by atoms with Crippen LogP contribution in [0.1, 0.15) is 60.1 Å². The van der Waals surface area contributed by atoms with Gasteiger partial charge in [-0.15, -0.1) is 0 Å². The summed E-state index contributed by atoms with van der Waals surface area (Å²) in [6, 6.07) is 5.42. The summed E-state index contributed by atoms with van der Waals surface area (Å²) < 4.78 is 1.91. The number of hydrogen-bond donors (Lipinski definition) is 2. The maximum absolute atomic E-state index is 13.1. The summed E-state index contributed by atoms with van der Waals surface area (Å²) in [4.78, 5) is 27.1. The van der Waals surface area contributed by atoms with Crippen molar-refractivity contribution in [2.75, 3.05) is 11.9 Å². The minimum atomic E-state index is -0.131. The van der Waals surface area contributed by atoms with Gasteiger partial charge in [-0.2, -0.15) is 5.10 Å². The molecule has 0 atom stereocenters. The highest BCUT2D eigenvalue weighted by atomic mass is 16.3. The highest BCUT2D eigenvalue weighted by Crippen LogP contribution is 2.25. The maximum Gasteiger partial charge on any atom is 0.254 e. The molecule has 2 amide bonds. The molecule has 0 radical (unpaired) electrons. The van der Waals surface area contributed by atoms with Crippen LogP contribution in [-0.4, -0.2) is 38.1 Å². The monoisotopic (exact) mass is 398 g/mol. The number of aryl methyl sites for hydroxylation is 2. The molecule has 29 heavy (non-hydrogen) atoms. The summed E-state index contributed by atoms with van der Waals surface area (Å²) >= 11 is 0. The fourth-order valence-electron chi connectivity index (χ4n) is 3.77. The highest BCUT2D eigenvalue weighted by molar-refractivity contribution is 5.98. The molecule has 2 aromatic rings. The molecular weight excluding hydrogens is 368 g/mol. The van der Waals surface area contributed by atoms with Gasteiger partial charge in [0.15, 0.2) is 0 Å². The number of hydrogen-bond acceptors (Lipinski definition) is 4. The Hall–Kier alpha value is -2.67. The Balaban J connectivity index is 1.80. The fraction of sp³-hybridized carbons (Fsp3) is 0.500. The van der Waals surface area contributed by atoms with Crippen LogP contribution in [0.25, 0.3) is 0 Å². The van der Waals surface area contributed by atoms with E-state index in [-0.39, 0.29) is 24.3 Å². The van der Waals surface area contributed by atoms with E-state index in [0.29, 0.717) is 42.9 Å². The maximum atomic E-state index is 13.1. The normalized spacial score (nSPS) is 13.5. The minimum Gasteiger partial charge on any atom is -0.390 e. The van der Waals surface area contributed by atoms with Crippen molar-refractivity contribution in [3.05, 3.63) is 46.3 Å². The van der Waals surface area contributed by atoms with Crippen molar-refractivity contribution in [1.82, 2.24) is 14.7 Å². The number of anilines is 1. The number of aromatic nitrogens is 2. The van der Waals surface area contributed by atoms with Gasteiger partial charge < -0.3 is 15.3 Å². The van der Waals surface area contributed by atoms with Gasteiger partial charge in [0.1, 0.15) is 0 Å². The van der Waals surface area contributed by atoms with Crippen molar-refractivity contribution in [3.8, 4) is 0 Å². The van der Waals surface area contributed by atoms with E-state index in [4.69, 9.17) is 0 Å².